The number of piperidine rings is 1. The summed E-state index contributed by atoms with van der Waals surface area (Å²) in [4.78, 5) is 5.15. The Kier molecular flexibility index (Phi) is 5.76. The van der Waals surface area contributed by atoms with Crippen LogP contribution in [-0.2, 0) is 0 Å². The topological polar surface area (TPSA) is 6.48 Å². The van der Waals surface area contributed by atoms with Crippen LogP contribution >= 0.6 is 0 Å². The van der Waals surface area contributed by atoms with Gasteiger partial charge in [0.2, 0.25) is 0 Å². The van der Waals surface area contributed by atoms with Gasteiger partial charge in [0.05, 0.1) is 0 Å². The molecular formula is C21H34N2. The van der Waals surface area contributed by atoms with Crippen LogP contribution in [0.5, 0.6) is 0 Å². The number of aryl methyl sites for hydroxylation is 1. The lowest BCUT2D eigenvalue weighted by molar-refractivity contribution is 0.131. The van der Waals surface area contributed by atoms with Gasteiger partial charge in [0.1, 0.15) is 0 Å². The lowest BCUT2D eigenvalue weighted by Gasteiger charge is -2.38. The number of hydrogen-bond acceptors (Lipinski definition) is 2. The zero-order valence-electron chi connectivity index (χ0n) is 15.3. The van der Waals surface area contributed by atoms with Crippen LogP contribution in [-0.4, -0.2) is 49.6 Å². The number of rotatable bonds is 5. The molecule has 0 bridgehead atoms. The third-order valence-electron chi connectivity index (χ3n) is 6.18. The van der Waals surface area contributed by atoms with Crippen molar-refractivity contribution in [3.63, 3.8) is 0 Å². The normalized spacial score (nSPS) is 22.8. The van der Waals surface area contributed by atoms with Crippen LogP contribution < -0.4 is 0 Å². The molecule has 0 amide bonds. The van der Waals surface area contributed by atoms with Crippen LogP contribution in [0, 0.1) is 12.8 Å². The summed E-state index contributed by atoms with van der Waals surface area (Å²) in [6, 6.07) is 10.1. The first-order valence-electron chi connectivity index (χ1n) is 9.59. The molecule has 1 unspecified atom stereocenters. The summed E-state index contributed by atoms with van der Waals surface area (Å²) in [5.74, 6) is 1.65. The van der Waals surface area contributed by atoms with Crippen molar-refractivity contribution in [2.24, 2.45) is 5.92 Å². The minimum atomic E-state index is 0.744. The monoisotopic (exact) mass is 314 g/mol. The second kappa shape index (κ2) is 7.81. The lowest BCUT2D eigenvalue weighted by atomic mass is 9.83. The van der Waals surface area contributed by atoms with E-state index in [1.165, 1.54) is 63.7 Å². The smallest absolute Gasteiger partial charge is 0.0113 e. The summed E-state index contributed by atoms with van der Waals surface area (Å²) in [5, 5.41) is 0. The van der Waals surface area contributed by atoms with E-state index >= 15 is 0 Å². The number of nitrogens with zero attached hydrogens (tertiary/aromatic N) is 2. The Morgan fingerprint density at radius 1 is 1.09 bits per heavy atom. The van der Waals surface area contributed by atoms with Crippen molar-refractivity contribution < 1.29 is 0 Å². The molecular weight excluding hydrogens is 280 g/mol. The van der Waals surface area contributed by atoms with Crippen molar-refractivity contribution >= 4 is 0 Å². The largest absolute Gasteiger partial charge is 0.306 e. The van der Waals surface area contributed by atoms with Gasteiger partial charge in [-0.05, 0) is 77.2 Å². The Morgan fingerprint density at radius 3 is 2.39 bits per heavy atom. The Bertz CT molecular complexity index is 482. The van der Waals surface area contributed by atoms with Gasteiger partial charge in [0.25, 0.3) is 0 Å². The zero-order valence-corrected chi connectivity index (χ0v) is 15.3. The van der Waals surface area contributed by atoms with Crippen molar-refractivity contribution in [2.75, 3.05) is 33.7 Å². The molecule has 1 aliphatic heterocycles. The molecule has 0 radical (unpaired) electrons. The van der Waals surface area contributed by atoms with E-state index in [0.717, 1.165) is 17.9 Å². The maximum atomic E-state index is 2.74. The van der Waals surface area contributed by atoms with E-state index < -0.39 is 0 Å². The number of benzene rings is 1. The molecule has 23 heavy (non-hydrogen) atoms. The Balaban J connectivity index is 1.67. The Hall–Kier alpha value is -0.860. The molecule has 0 aromatic heterocycles. The van der Waals surface area contributed by atoms with Gasteiger partial charge in [0, 0.05) is 12.6 Å². The average Bonchev–Trinajstić information content (AvgIpc) is 3.07. The number of hydrogen-bond donors (Lipinski definition) is 0. The first-order chi connectivity index (χ1) is 11.1. The SMILES string of the molecule is Cc1cccc(C(CN2CCC(N(C)C)CC2)C2CCCC2)c1. The fourth-order valence-corrected chi connectivity index (χ4v) is 4.68. The second-order valence-corrected chi connectivity index (χ2v) is 8.06. The van der Waals surface area contributed by atoms with Crippen LogP contribution in [0.25, 0.3) is 0 Å². The maximum absolute atomic E-state index is 2.74. The van der Waals surface area contributed by atoms with Gasteiger partial charge in [-0.25, -0.2) is 0 Å². The Labute approximate surface area is 142 Å². The first kappa shape index (κ1) is 17.0. The van der Waals surface area contributed by atoms with Gasteiger partial charge < -0.3 is 9.80 Å². The van der Waals surface area contributed by atoms with Crippen molar-refractivity contribution in [3.05, 3.63) is 35.4 Å². The molecule has 2 nitrogen and oxygen atoms in total. The summed E-state index contributed by atoms with van der Waals surface area (Å²) < 4.78 is 0. The summed E-state index contributed by atoms with van der Waals surface area (Å²) in [6.45, 7) is 6.06. The predicted octanol–water partition coefficient (Wildman–Crippen LogP) is 4.29. The van der Waals surface area contributed by atoms with Crippen LogP contribution in [0.3, 0.4) is 0 Å². The maximum Gasteiger partial charge on any atom is 0.0113 e. The van der Waals surface area contributed by atoms with Crippen molar-refractivity contribution in [1.82, 2.24) is 9.80 Å². The fourth-order valence-electron chi connectivity index (χ4n) is 4.68. The van der Waals surface area contributed by atoms with E-state index in [1.807, 2.05) is 0 Å². The molecule has 1 aliphatic carbocycles. The molecule has 2 heteroatoms. The third-order valence-corrected chi connectivity index (χ3v) is 6.18. The van der Waals surface area contributed by atoms with E-state index in [9.17, 15) is 0 Å². The molecule has 1 saturated carbocycles. The summed E-state index contributed by atoms with van der Waals surface area (Å²) in [5.41, 5.74) is 3.00. The lowest BCUT2D eigenvalue weighted by Crippen LogP contribution is -2.43. The average molecular weight is 315 g/mol. The minimum absolute atomic E-state index is 0.744. The third kappa shape index (κ3) is 4.36. The van der Waals surface area contributed by atoms with Gasteiger partial charge in [-0.3, -0.25) is 0 Å². The molecule has 1 atom stereocenters. The molecule has 0 spiro atoms. The van der Waals surface area contributed by atoms with E-state index in [0.29, 0.717) is 0 Å². The highest BCUT2D eigenvalue weighted by Gasteiger charge is 2.29. The van der Waals surface area contributed by atoms with E-state index in [1.54, 1.807) is 5.56 Å². The molecule has 3 rings (SSSR count). The molecule has 2 aliphatic rings. The molecule has 1 aromatic carbocycles. The fraction of sp³-hybridized carbons (Fsp3) is 0.714. The van der Waals surface area contributed by atoms with Gasteiger partial charge in [0.15, 0.2) is 0 Å². The van der Waals surface area contributed by atoms with Crippen molar-refractivity contribution in [1.29, 1.82) is 0 Å². The summed E-state index contributed by atoms with van der Waals surface area (Å²) in [6.07, 6.45) is 8.42. The van der Waals surface area contributed by atoms with Crippen LogP contribution in [0.2, 0.25) is 0 Å². The van der Waals surface area contributed by atoms with E-state index in [-0.39, 0.29) is 0 Å². The minimum Gasteiger partial charge on any atom is -0.306 e. The van der Waals surface area contributed by atoms with Gasteiger partial charge in [-0.15, -0.1) is 0 Å². The molecule has 1 aromatic rings. The van der Waals surface area contributed by atoms with Crippen LogP contribution in [0.15, 0.2) is 24.3 Å². The van der Waals surface area contributed by atoms with Crippen LogP contribution in [0.4, 0.5) is 0 Å². The highest BCUT2D eigenvalue weighted by molar-refractivity contribution is 5.26. The first-order valence-corrected chi connectivity index (χ1v) is 9.59. The molecule has 1 saturated heterocycles. The summed E-state index contributed by atoms with van der Waals surface area (Å²) in [7, 11) is 4.46. The molecule has 0 N–H and O–H groups in total. The van der Waals surface area contributed by atoms with Crippen molar-refractivity contribution in [3.8, 4) is 0 Å². The quantitative estimate of drug-likeness (QED) is 0.800. The highest BCUT2D eigenvalue weighted by atomic mass is 15.2. The van der Waals surface area contributed by atoms with E-state index in [2.05, 4.69) is 55.1 Å². The Morgan fingerprint density at radius 2 is 1.78 bits per heavy atom. The zero-order chi connectivity index (χ0) is 16.2. The molecule has 128 valence electrons. The van der Waals surface area contributed by atoms with Gasteiger partial charge in [-0.1, -0.05) is 42.7 Å². The van der Waals surface area contributed by atoms with E-state index in [4.69, 9.17) is 0 Å². The predicted molar refractivity (Wildman–Crippen MR) is 99.0 cm³/mol. The second-order valence-electron chi connectivity index (χ2n) is 8.06. The number of likely N-dealkylation sites (tertiary alicyclic amines) is 1. The van der Waals surface area contributed by atoms with Crippen molar-refractivity contribution in [2.45, 2.75) is 57.4 Å². The van der Waals surface area contributed by atoms with Crippen LogP contribution in [0.1, 0.15) is 55.6 Å². The highest BCUT2D eigenvalue weighted by Crippen LogP contribution is 2.38. The van der Waals surface area contributed by atoms with Gasteiger partial charge in [-0.2, -0.15) is 0 Å². The molecule has 2 fully saturated rings. The van der Waals surface area contributed by atoms with Gasteiger partial charge >= 0.3 is 0 Å². The molecule has 1 heterocycles. The summed E-state index contributed by atoms with van der Waals surface area (Å²) >= 11 is 0. The standard InChI is InChI=1S/C21H34N2/c1-17-7-6-10-19(15-17)21(18-8-4-5-9-18)16-23-13-11-20(12-14-23)22(2)3/h6-7,10,15,18,20-21H,4-5,8-9,11-14,16H2,1-3H3.